The maximum absolute atomic E-state index is 12.7. The lowest BCUT2D eigenvalue weighted by Gasteiger charge is -2.29. The van der Waals surface area contributed by atoms with Gasteiger partial charge in [-0.2, -0.15) is 16.9 Å². The third-order valence-electron chi connectivity index (χ3n) is 4.70. The van der Waals surface area contributed by atoms with Crippen LogP contribution in [0, 0.1) is 0 Å². The minimum absolute atomic E-state index is 0.0562. The minimum atomic E-state index is -0.219. The molecule has 0 spiro atoms. The number of rotatable bonds is 4. The maximum atomic E-state index is 12.7. The highest BCUT2D eigenvalue weighted by Gasteiger charge is 2.32. The number of nitrogens with zero attached hydrogens (tertiary/aromatic N) is 2. The van der Waals surface area contributed by atoms with Crippen molar-refractivity contribution in [3.05, 3.63) is 40.3 Å². The Morgan fingerprint density at radius 2 is 2.09 bits per heavy atom. The lowest BCUT2D eigenvalue weighted by molar-refractivity contribution is -0.131. The van der Waals surface area contributed by atoms with Gasteiger partial charge < -0.3 is 4.90 Å². The van der Waals surface area contributed by atoms with Gasteiger partial charge >= 0.3 is 0 Å². The van der Waals surface area contributed by atoms with Gasteiger partial charge in [0.1, 0.15) is 0 Å². The summed E-state index contributed by atoms with van der Waals surface area (Å²) < 4.78 is 0. The van der Waals surface area contributed by atoms with Gasteiger partial charge in [0.25, 0.3) is 5.56 Å². The second-order valence-corrected chi connectivity index (χ2v) is 7.08. The summed E-state index contributed by atoms with van der Waals surface area (Å²) in [5, 5.41) is 8.45. The van der Waals surface area contributed by atoms with Crippen molar-refractivity contribution >= 4 is 28.4 Å². The van der Waals surface area contributed by atoms with Crippen LogP contribution in [0.3, 0.4) is 0 Å². The van der Waals surface area contributed by atoms with Crippen molar-refractivity contribution in [3.8, 4) is 0 Å². The molecule has 0 saturated heterocycles. The zero-order valence-electron chi connectivity index (χ0n) is 13.4. The van der Waals surface area contributed by atoms with Gasteiger partial charge in [0.15, 0.2) is 0 Å². The largest absolute Gasteiger partial charge is 0.341 e. The molecule has 1 heterocycles. The number of aromatic amines is 1. The van der Waals surface area contributed by atoms with E-state index in [0.29, 0.717) is 22.4 Å². The predicted octanol–water partition coefficient (Wildman–Crippen LogP) is 2.21. The maximum Gasteiger partial charge on any atom is 0.272 e. The molecule has 1 N–H and O–H groups in total. The van der Waals surface area contributed by atoms with E-state index >= 15 is 0 Å². The van der Waals surface area contributed by atoms with E-state index in [2.05, 4.69) is 16.5 Å². The molecule has 0 aliphatic heterocycles. The van der Waals surface area contributed by atoms with Gasteiger partial charge in [-0.25, -0.2) is 5.10 Å². The molecule has 1 saturated carbocycles. The Labute approximate surface area is 139 Å². The lowest BCUT2D eigenvalue weighted by Crippen LogP contribution is -2.41. The first kappa shape index (κ1) is 16.1. The number of thioether (sulfide) groups is 1. The molecule has 2 unspecified atom stereocenters. The number of carbonyl (C=O) groups is 1. The fraction of sp³-hybridized carbons (Fsp3) is 0.471. The Morgan fingerprint density at radius 1 is 1.35 bits per heavy atom. The number of likely N-dealkylation sites (N-methyl/N-ethyl adjacent to an activating group) is 1. The van der Waals surface area contributed by atoms with Crippen molar-refractivity contribution in [1.29, 1.82) is 0 Å². The van der Waals surface area contributed by atoms with Crippen molar-refractivity contribution < 1.29 is 4.79 Å². The summed E-state index contributed by atoms with van der Waals surface area (Å²) in [5.74, 6) is 0.0562. The number of nitrogens with one attached hydrogen (secondary N) is 1. The predicted molar refractivity (Wildman–Crippen MR) is 93.8 cm³/mol. The van der Waals surface area contributed by atoms with E-state index in [0.717, 1.165) is 11.8 Å². The Bertz CT molecular complexity index is 774. The number of H-pyrrole nitrogens is 1. The highest BCUT2D eigenvalue weighted by molar-refractivity contribution is 7.99. The van der Waals surface area contributed by atoms with Gasteiger partial charge in [0, 0.05) is 23.7 Å². The number of benzene rings is 1. The molecule has 23 heavy (non-hydrogen) atoms. The van der Waals surface area contributed by atoms with Crippen molar-refractivity contribution in [2.45, 2.75) is 37.0 Å². The van der Waals surface area contributed by atoms with Crippen LogP contribution in [-0.4, -0.2) is 45.6 Å². The molecule has 2 aromatic rings. The second kappa shape index (κ2) is 6.74. The Kier molecular flexibility index (Phi) is 4.71. The molecule has 1 aromatic carbocycles. The number of aromatic nitrogens is 2. The van der Waals surface area contributed by atoms with E-state index in [4.69, 9.17) is 0 Å². The summed E-state index contributed by atoms with van der Waals surface area (Å²) >= 11 is 1.84. The Hall–Kier alpha value is -1.82. The summed E-state index contributed by atoms with van der Waals surface area (Å²) in [6, 6.07) is 7.58. The molecular formula is C17H21N3O2S. The Morgan fingerprint density at radius 3 is 2.83 bits per heavy atom. The van der Waals surface area contributed by atoms with Crippen molar-refractivity contribution in [1.82, 2.24) is 15.1 Å². The zero-order chi connectivity index (χ0) is 16.4. The van der Waals surface area contributed by atoms with Crippen LogP contribution < -0.4 is 5.56 Å². The van der Waals surface area contributed by atoms with Gasteiger partial charge in [0.2, 0.25) is 5.91 Å². The summed E-state index contributed by atoms with van der Waals surface area (Å²) in [4.78, 5) is 26.4. The van der Waals surface area contributed by atoms with Crippen LogP contribution in [-0.2, 0) is 11.2 Å². The molecule has 5 nitrogen and oxygen atoms in total. The second-order valence-electron chi connectivity index (χ2n) is 6.00. The van der Waals surface area contributed by atoms with E-state index in [1.54, 1.807) is 6.07 Å². The highest BCUT2D eigenvalue weighted by atomic mass is 32.2. The molecule has 1 aliphatic rings. The quantitative estimate of drug-likeness (QED) is 0.933. The monoisotopic (exact) mass is 331 g/mol. The molecule has 3 rings (SSSR count). The van der Waals surface area contributed by atoms with Gasteiger partial charge in [-0.15, -0.1) is 0 Å². The molecule has 1 aromatic heterocycles. The lowest BCUT2D eigenvalue weighted by atomic mass is 10.1. The van der Waals surface area contributed by atoms with Crippen molar-refractivity contribution in [2.75, 3.05) is 13.3 Å². The molecule has 1 fully saturated rings. The molecule has 1 amide bonds. The van der Waals surface area contributed by atoms with E-state index in [-0.39, 0.29) is 17.9 Å². The summed E-state index contributed by atoms with van der Waals surface area (Å²) in [5.41, 5.74) is 0.416. The summed E-state index contributed by atoms with van der Waals surface area (Å²) in [6.07, 6.45) is 5.73. The Balaban J connectivity index is 1.83. The standard InChI is InChI=1S/C17H21N3O2S/c1-20(14-8-5-9-15(14)23-2)16(21)10-13-11-6-3-4-7-12(11)17(22)19-18-13/h3-4,6-7,14-15H,5,8-10H2,1-2H3,(H,19,22). The van der Waals surface area contributed by atoms with E-state index < -0.39 is 0 Å². The minimum Gasteiger partial charge on any atom is -0.341 e. The van der Waals surface area contributed by atoms with E-state index in [9.17, 15) is 9.59 Å². The smallest absolute Gasteiger partial charge is 0.272 e. The third kappa shape index (κ3) is 3.13. The first-order chi connectivity index (χ1) is 11.1. The SMILES string of the molecule is CSC1CCCC1N(C)C(=O)Cc1n[nH]c(=O)c2ccccc12. The van der Waals surface area contributed by atoms with E-state index in [1.807, 2.05) is 41.9 Å². The molecular weight excluding hydrogens is 310 g/mol. The van der Waals surface area contributed by atoms with Crippen LogP contribution in [0.25, 0.3) is 10.8 Å². The topological polar surface area (TPSA) is 66.1 Å². The summed E-state index contributed by atoms with van der Waals surface area (Å²) in [7, 11) is 1.88. The van der Waals surface area contributed by atoms with Gasteiger partial charge in [-0.1, -0.05) is 24.6 Å². The van der Waals surface area contributed by atoms with Gasteiger partial charge in [-0.3, -0.25) is 9.59 Å². The molecule has 0 radical (unpaired) electrons. The first-order valence-electron chi connectivity index (χ1n) is 7.86. The molecule has 1 aliphatic carbocycles. The summed E-state index contributed by atoms with van der Waals surface area (Å²) in [6.45, 7) is 0. The van der Waals surface area contributed by atoms with Crippen LogP contribution in [0.4, 0.5) is 0 Å². The molecule has 0 bridgehead atoms. The fourth-order valence-electron chi connectivity index (χ4n) is 3.38. The number of hydrogen-bond donors (Lipinski definition) is 1. The number of fused-ring (bicyclic) bond motifs is 1. The van der Waals surface area contributed by atoms with Crippen LogP contribution in [0.2, 0.25) is 0 Å². The van der Waals surface area contributed by atoms with E-state index in [1.165, 1.54) is 12.8 Å². The molecule has 122 valence electrons. The van der Waals surface area contributed by atoms with Gasteiger partial charge in [0.05, 0.1) is 17.5 Å². The van der Waals surface area contributed by atoms with Gasteiger partial charge in [-0.05, 0) is 25.2 Å². The number of carbonyl (C=O) groups excluding carboxylic acids is 1. The third-order valence-corrected chi connectivity index (χ3v) is 5.86. The molecule has 6 heteroatoms. The highest BCUT2D eigenvalue weighted by Crippen LogP contribution is 2.31. The van der Waals surface area contributed by atoms with Crippen molar-refractivity contribution in [2.24, 2.45) is 0 Å². The number of hydrogen-bond acceptors (Lipinski definition) is 4. The van der Waals surface area contributed by atoms with Crippen LogP contribution in [0.5, 0.6) is 0 Å². The van der Waals surface area contributed by atoms with Crippen LogP contribution in [0.1, 0.15) is 25.0 Å². The normalized spacial score (nSPS) is 20.8. The van der Waals surface area contributed by atoms with Crippen LogP contribution >= 0.6 is 11.8 Å². The van der Waals surface area contributed by atoms with Crippen LogP contribution in [0.15, 0.2) is 29.1 Å². The first-order valence-corrected chi connectivity index (χ1v) is 9.15. The average Bonchev–Trinajstić information content (AvgIpc) is 3.05. The fourth-order valence-corrected chi connectivity index (χ4v) is 4.42. The number of amides is 1. The van der Waals surface area contributed by atoms with Crippen molar-refractivity contribution in [3.63, 3.8) is 0 Å². The molecule has 2 atom stereocenters. The zero-order valence-corrected chi connectivity index (χ0v) is 14.2. The average molecular weight is 331 g/mol.